The van der Waals surface area contributed by atoms with E-state index in [4.69, 9.17) is 9.97 Å². The van der Waals surface area contributed by atoms with Crippen LogP contribution in [0.4, 0.5) is 34.1 Å². The van der Waals surface area contributed by atoms with Crippen LogP contribution in [0, 0.1) is 41.5 Å². The van der Waals surface area contributed by atoms with Crippen LogP contribution in [0.3, 0.4) is 0 Å². The highest BCUT2D eigenvalue weighted by molar-refractivity contribution is 7.01. The van der Waals surface area contributed by atoms with Gasteiger partial charge >= 0.3 is 0 Å². The molecule has 0 saturated carbocycles. The van der Waals surface area contributed by atoms with Gasteiger partial charge in [-0.05, 0) is 109 Å². The summed E-state index contributed by atoms with van der Waals surface area (Å²) < 4.78 is 0. The van der Waals surface area contributed by atoms with Crippen molar-refractivity contribution in [2.24, 2.45) is 0 Å². The molecule has 0 fully saturated rings. The first-order valence-electron chi connectivity index (χ1n) is 22.4. The molecule has 3 aliphatic rings. The third-order valence-corrected chi connectivity index (χ3v) is 14.1. The normalized spacial score (nSPS) is 14.0. The average molecular weight is 805 g/mol. The molecule has 0 bridgehead atoms. The summed E-state index contributed by atoms with van der Waals surface area (Å²) in [5, 5.41) is 5.04. The largest absolute Gasteiger partial charge is 0.306 e. The summed E-state index contributed by atoms with van der Waals surface area (Å²) >= 11 is 0. The zero-order valence-electron chi connectivity index (χ0n) is 38.3. The van der Waals surface area contributed by atoms with E-state index in [-0.39, 0.29) is 24.3 Å². The maximum absolute atomic E-state index is 5.35. The molecule has 304 valence electrons. The Morgan fingerprint density at radius 1 is 0.419 bits per heavy atom. The Hall–Kier alpha value is -6.13. The van der Waals surface area contributed by atoms with Crippen LogP contribution < -0.4 is 42.6 Å². The first-order valence-corrected chi connectivity index (χ1v) is 22.4. The van der Waals surface area contributed by atoms with Crippen molar-refractivity contribution in [1.29, 1.82) is 0 Å². The maximum atomic E-state index is 5.35. The number of hydrogen-bond donors (Lipinski definition) is 0. The molecule has 6 aromatic carbocycles. The van der Waals surface area contributed by atoms with Gasteiger partial charge in [-0.25, -0.2) is 0 Å². The van der Waals surface area contributed by atoms with Gasteiger partial charge in [-0.15, -0.1) is 0 Å². The summed E-state index contributed by atoms with van der Waals surface area (Å²) in [5.74, 6) is 0. The lowest BCUT2D eigenvalue weighted by atomic mass is 9.32. The molecular formula is C56H54B2N4. The number of fused-ring (bicyclic) bond motifs is 10. The van der Waals surface area contributed by atoms with E-state index < -0.39 is 0 Å². The standard InChI is InChI=1S/C56H54B2N4/c1-31-21-33(3)49(34(4)22-31)57-41-27-47(55(7,8)9)59-29-45(41)61-44-26-38-18-14-16-20-40(38)52-54(44)62(43-25-37-17-13-15-19-39(37)51(57)53(43)61)46-30-60-48(56(10,11)12)28-42(46)58(52)50-35(5)23-32(2)24-36(50)6/h13-30H,1-12H3. The van der Waals surface area contributed by atoms with Gasteiger partial charge in [-0.1, -0.05) is 159 Å². The van der Waals surface area contributed by atoms with E-state index in [1.165, 1.54) is 110 Å². The second-order valence-electron chi connectivity index (χ2n) is 20.7. The van der Waals surface area contributed by atoms with E-state index in [0.29, 0.717) is 0 Å². The van der Waals surface area contributed by atoms with Gasteiger partial charge in [-0.3, -0.25) is 9.97 Å². The van der Waals surface area contributed by atoms with E-state index in [1.807, 2.05) is 0 Å². The van der Waals surface area contributed by atoms with Crippen molar-refractivity contribution < 1.29 is 0 Å². The molecule has 4 nitrogen and oxygen atoms in total. The molecule has 0 unspecified atom stereocenters. The third-order valence-electron chi connectivity index (χ3n) is 14.1. The minimum Gasteiger partial charge on any atom is -0.306 e. The van der Waals surface area contributed by atoms with Gasteiger partial charge in [-0.2, -0.15) is 0 Å². The van der Waals surface area contributed by atoms with Crippen LogP contribution in [0.5, 0.6) is 0 Å². The highest BCUT2D eigenvalue weighted by Gasteiger charge is 2.49. The van der Waals surface area contributed by atoms with E-state index in [9.17, 15) is 0 Å². The lowest BCUT2D eigenvalue weighted by Crippen LogP contribution is -2.62. The Kier molecular flexibility index (Phi) is 8.25. The Morgan fingerprint density at radius 3 is 1.13 bits per heavy atom. The van der Waals surface area contributed by atoms with Gasteiger partial charge in [0, 0.05) is 22.2 Å². The quantitative estimate of drug-likeness (QED) is 0.163. The second kappa shape index (κ2) is 13.2. The van der Waals surface area contributed by atoms with Crippen molar-refractivity contribution in [3.05, 3.63) is 154 Å². The predicted molar refractivity (Wildman–Crippen MR) is 268 cm³/mol. The summed E-state index contributed by atoms with van der Waals surface area (Å²) in [6.07, 6.45) is 4.39. The molecule has 2 aromatic heterocycles. The minimum absolute atomic E-state index is 0.0245. The van der Waals surface area contributed by atoms with Gasteiger partial charge in [0.05, 0.1) is 46.5 Å². The molecule has 0 saturated heterocycles. The third kappa shape index (κ3) is 5.47. The Labute approximate surface area is 368 Å². The Balaban J connectivity index is 1.36. The fourth-order valence-electron chi connectivity index (χ4n) is 11.6. The SMILES string of the molecule is Cc1cc(C)c(B2c3cc(C(C)(C)C)ncc3N3c4cc5ccccc5c5c4N(c4cnc(C(C)(C)C)cc4B5c4c(C)cc(C)cc4C)c4cc5ccccc5c2c43)c(C)c1. The predicted octanol–water partition coefficient (Wildman–Crippen LogP) is 10.1. The van der Waals surface area contributed by atoms with Crippen molar-refractivity contribution in [3.63, 3.8) is 0 Å². The van der Waals surface area contributed by atoms with E-state index in [2.05, 4.69) is 202 Å². The van der Waals surface area contributed by atoms with Crippen molar-refractivity contribution in [2.75, 3.05) is 9.80 Å². The molecular weight excluding hydrogens is 750 g/mol. The highest BCUT2D eigenvalue weighted by atomic mass is 15.3. The monoisotopic (exact) mass is 804 g/mol. The average Bonchev–Trinajstić information content (AvgIpc) is 3.21. The molecule has 62 heavy (non-hydrogen) atoms. The van der Waals surface area contributed by atoms with Crippen LogP contribution in [0.15, 0.2) is 109 Å². The van der Waals surface area contributed by atoms with Crippen molar-refractivity contribution >= 4 is 102 Å². The van der Waals surface area contributed by atoms with Gasteiger partial charge in [0.15, 0.2) is 0 Å². The van der Waals surface area contributed by atoms with E-state index >= 15 is 0 Å². The smallest absolute Gasteiger partial charge is 0.248 e. The fourth-order valence-corrected chi connectivity index (χ4v) is 11.6. The molecule has 0 atom stereocenters. The second-order valence-corrected chi connectivity index (χ2v) is 20.7. The number of aromatic nitrogens is 2. The number of nitrogens with zero attached hydrogens (tertiary/aromatic N) is 4. The Bertz CT molecular complexity index is 2990. The van der Waals surface area contributed by atoms with Crippen molar-refractivity contribution in [2.45, 2.75) is 93.9 Å². The van der Waals surface area contributed by atoms with Crippen LogP contribution in [0.25, 0.3) is 21.5 Å². The number of anilines is 6. The van der Waals surface area contributed by atoms with Crippen LogP contribution in [0.2, 0.25) is 0 Å². The first kappa shape index (κ1) is 38.8. The summed E-state index contributed by atoms with van der Waals surface area (Å²) in [5.41, 5.74) is 25.0. The molecule has 5 heterocycles. The number of aryl methyl sites for hydroxylation is 6. The zero-order valence-corrected chi connectivity index (χ0v) is 38.3. The molecule has 0 radical (unpaired) electrons. The van der Waals surface area contributed by atoms with E-state index in [0.717, 1.165) is 22.8 Å². The molecule has 0 N–H and O–H groups in total. The lowest BCUT2D eigenvalue weighted by Gasteiger charge is -2.49. The van der Waals surface area contributed by atoms with Gasteiger partial charge in [0.2, 0.25) is 13.4 Å². The number of hydrogen-bond acceptors (Lipinski definition) is 4. The molecule has 0 spiro atoms. The van der Waals surface area contributed by atoms with E-state index in [1.54, 1.807) is 0 Å². The topological polar surface area (TPSA) is 32.3 Å². The summed E-state index contributed by atoms with van der Waals surface area (Å²) in [6, 6.07) is 37.5. The molecule has 6 heteroatoms. The molecule has 11 rings (SSSR count). The van der Waals surface area contributed by atoms with Gasteiger partial charge in [0.1, 0.15) is 0 Å². The number of benzene rings is 6. The van der Waals surface area contributed by atoms with Crippen LogP contribution in [0.1, 0.15) is 86.3 Å². The zero-order chi connectivity index (χ0) is 43.3. The van der Waals surface area contributed by atoms with Crippen LogP contribution >= 0.6 is 0 Å². The lowest BCUT2D eigenvalue weighted by molar-refractivity contribution is 0.569. The molecule has 0 amide bonds. The van der Waals surface area contributed by atoms with Crippen LogP contribution in [-0.2, 0) is 10.8 Å². The van der Waals surface area contributed by atoms with Gasteiger partial charge in [0.25, 0.3) is 0 Å². The molecule has 0 aliphatic carbocycles. The number of rotatable bonds is 2. The van der Waals surface area contributed by atoms with Crippen molar-refractivity contribution in [3.8, 4) is 0 Å². The number of pyridine rings is 2. The molecule has 8 aromatic rings. The molecule has 3 aliphatic heterocycles. The Morgan fingerprint density at radius 2 is 0.774 bits per heavy atom. The fraction of sp³-hybridized carbons (Fsp3) is 0.250. The summed E-state index contributed by atoms with van der Waals surface area (Å²) in [4.78, 5) is 15.9. The summed E-state index contributed by atoms with van der Waals surface area (Å²) in [7, 11) is 0. The highest BCUT2D eigenvalue weighted by Crippen LogP contribution is 2.57. The minimum atomic E-state index is -0.137. The van der Waals surface area contributed by atoms with Crippen molar-refractivity contribution in [1.82, 2.24) is 9.97 Å². The maximum Gasteiger partial charge on any atom is 0.248 e. The first-order chi connectivity index (χ1) is 29.5. The van der Waals surface area contributed by atoms with Crippen LogP contribution in [-0.4, -0.2) is 23.4 Å². The summed E-state index contributed by atoms with van der Waals surface area (Å²) in [6.45, 7) is 27.4. The van der Waals surface area contributed by atoms with Gasteiger partial charge < -0.3 is 9.80 Å².